The summed E-state index contributed by atoms with van der Waals surface area (Å²) in [6, 6.07) is 8.61. The second kappa shape index (κ2) is 5.78. The van der Waals surface area contributed by atoms with E-state index in [1.807, 2.05) is 17.5 Å². The SMILES string of the molecule is Cc1ccc(C(=O)NCCc2cccs2)c(F)c1. The molecule has 0 saturated carbocycles. The fraction of sp³-hybridized carbons (Fsp3) is 0.214. The number of carbonyl (C=O) groups excluding carboxylic acids is 1. The zero-order valence-corrected chi connectivity index (χ0v) is 10.9. The summed E-state index contributed by atoms with van der Waals surface area (Å²) in [6.07, 6.45) is 0.775. The maximum absolute atomic E-state index is 13.5. The second-order valence-electron chi connectivity index (χ2n) is 4.07. The van der Waals surface area contributed by atoms with E-state index in [2.05, 4.69) is 5.32 Å². The van der Waals surface area contributed by atoms with E-state index in [0.717, 1.165) is 12.0 Å². The number of aryl methyl sites for hydroxylation is 1. The first-order chi connectivity index (χ1) is 8.66. The van der Waals surface area contributed by atoms with Crippen molar-refractivity contribution in [1.82, 2.24) is 5.32 Å². The third-order valence-corrected chi connectivity index (χ3v) is 3.54. The Bertz CT molecular complexity index is 537. The van der Waals surface area contributed by atoms with Gasteiger partial charge in [0.2, 0.25) is 0 Å². The first-order valence-electron chi connectivity index (χ1n) is 5.73. The Labute approximate surface area is 109 Å². The molecule has 0 radical (unpaired) electrons. The van der Waals surface area contributed by atoms with Crippen LogP contribution in [0.5, 0.6) is 0 Å². The molecule has 1 aromatic carbocycles. The number of nitrogens with one attached hydrogen (secondary N) is 1. The van der Waals surface area contributed by atoms with Gasteiger partial charge in [-0.05, 0) is 42.5 Å². The first kappa shape index (κ1) is 12.8. The Morgan fingerprint density at radius 3 is 2.89 bits per heavy atom. The number of thiophene rings is 1. The zero-order valence-electron chi connectivity index (χ0n) is 10.1. The summed E-state index contributed by atoms with van der Waals surface area (Å²) in [5, 5.41) is 4.72. The summed E-state index contributed by atoms with van der Waals surface area (Å²) >= 11 is 1.65. The van der Waals surface area contributed by atoms with Gasteiger partial charge in [-0.15, -0.1) is 11.3 Å². The molecule has 0 bridgehead atoms. The fourth-order valence-electron chi connectivity index (χ4n) is 1.65. The summed E-state index contributed by atoms with van der Waals surface area (Å²) in [4.78, 5) is 13.0. The molecule has 94 valence electrons. The largest absolute Gasteiger partial charge is 0.352 e. The van der Waals surface area contributed by atoms with Gasteiger partial charge in [-0.3, -0.25) is 4.79 Å². The number of rotatable bonds is 4. The lowest BCUT2D eigenvalue weighted by molar-refractivity contribution is 0.0950. The van der Waals surface area contributed by atoms with E-state index in [-0.39, 0.29) is 11.5 Å². The van der Waals surface area contributed by atoms with Crippen molar-refractivity contribution in [2.45, 2.75) is 13.3 Å². The number of hydrogen-bond donors (Lipinski definition) is 1. The Kier molecular flexibility index (Phi) is 4.10. The van der Waals surface area contributed by atoms with E-state index in [0.29, 0.717) is 6.54 Å². The molecule has 0 aliphatic heterocycles. The summed E-state index contributed by atoms with van der Waals surface area (Å²) in [5.41, 5.74) is 0.911. The van der Waals surface area contributed by atoms with E-state index >= 15 is 0 Å². The lowest BCUT2D eigenvalue weighted by atomic mass is 10.1. The molecule has 2 rings (SSSR count). The summed E-state index contributed by atoms with van der Waals surface area (Å²) < 4.78 is 13.5. The number of benzene rings is 1. The Balaban J connectivity index is 1.91. The third-order valence-electron chi connectivity index (χ3n) is 2.61. The average molecular weight is 263 g/mol. The number of hydrogen-bond acceptors (Lipinski definition) is 2. The summed E-state index contributed by atoms with van der Waals surface area (Å²) in [6.45, 7) is 2.31. The van der Waals surface area contributed by atoms with Gasteiger partial charge in [0, 0.05) is 11.4 Å². The molecule has 2 nitrogen and oxygen atoms in total. The number of carbonyl (C=O) groups is 1. The van der Waals surface area contributed by atoms with Crippen molar-refractivity contribution >= 4 is 17.2 Å². The van der Waals surface area contributed by atoms with Crippen LogP contribution < -0.4 is 5.32 Å². The quantitative estimate of drug-likeness (QED) is 0.902. The first-order valence-corrected chi connectivity index (χ1v) is 6.61. The van der Waals surface area contributed by atoms with Gasteiger partial charge < -0.3 is 5.32 Å². The van der Waals surface area contributed by atoms with Crippen molar-refractivity contribution in [3.63, 3.8) is 0 Å². The predicted molar refractivity (Wildman–Crippen MR) is 71.5 cm³/mol. The lowest BCUT2D eigenvalue weighted by Gasteiger charge is -2.06. The van der Waals surface area contributed by atoms with Gasteiger partial charge in [-0.1, -0.05) is 12.1 Å². The molecule has 1 N–H and O–H groups in total. The molecule has 0 saturated heterocycles. The molecule has 1 amide bonds. The summed E-state index contributed by atoms with van der Waals surface area (Å²) in [5.74, 6) is -0.826. The van der Waals surface area contributed by atoms with Crippen LogP contribution in [-0.2, 0) is 6.42 Å². The molecule has 0 fully saturated rings. The van der Waals surface area contributed by atoms with Crippen LogP contribution >= 0.6 is 11.3 Å². The highest BCUT2D eigenvalue weighted by Gasteiger charge is 2.10. The van der Waals surface area contributed by atoms with Crippen molar-refractivity contribution in [1.29, 1.82) is 0 Å². The fourth-order valence-corrected chi connectivity index (χ4v) is 2.36. The topological polar surface area (TPSA) is 29.1 Å². The number of halogens is 1. The molecular formula is C14H14FNOS. The Morgan fingerprint density at radius 2 is 2.22 bits per heavy atom. The van der Waals surface area contributed by atoms with Gasteiger partial charge >= 0.3 is 0 Å². The molecule has 0 aliphatic carbocycles. The van der Waals surface area contributed by atoms with Crippen LogP contribution in [0.3, 0.4) is 0 Å². The molecule has 4 heteroatoms. The van der Waals surface area contributed by atoms with Gasteiger partial charge in [0.1, 0.15) is 5.82 Å². The van der Waals surface area contributed by atoms with Crippen molar-refractivity contribution in [3.8, 4) is 0 Å². The summed E-state index contributed by atoms with van der Waals surface area (Å²) in [7, 11) is 0. The van der Waals surface area contributed by atoms with Crippen LogP contribution in [0, 0.1) is 12.7 Å². The molecule has 0 unspecified atom stereocenters. The zero-order chi connectivity index (χ0) is 13.0. The van der Waals surface area contributed by atoms with E-state index in [4.69, 9.17) is 0 Å². The van der Waals surface area contributed by atoms with E-state index in [1.54, 1.807) is 24.3 Å². The Morgan fingerprint density at radius 1 is 1.39 bits per heavy atom. The molecular weight excluding hydrogens is 249 g/mol. The average Bonchev–Trinajstić information content (AvgIpc) is 2.81. The third kappa shape index (κ3) is 3.17. The van der Waals surface area contributed by atoms with Crippen LogP contribution in [0.1, 0.15) is 20.8 Å². The van der Waals surface area contributed by atoms with Crippen LogP contribution in [0.15, 0.2) is 35.7 Å². The standard InChI is InChI=1S/C14H14FNOS/c1-10-4-5-12(13(15)9-10)14(17)16-7-6-11-3-2-8-18-11/h2-5,8-9H,6-7H2,1H3,(H,16,17). The molecule has 1 aromatic heterocycles. The molecule has 0 aliphatic rings. The van der Waals surface area contributed by atoms with E-state index in [9.17, 15) is 9.18 Å². The highest BCUT2D eigenvalue weighted by atomic mass is 32.1. The second-order valence-corrected chi connectivity index (χ2v) is 5.10. The molecule has 2 aromatic rings. The predicted octanol–water partition coefficient (Wildman–Crippen LogP) is 3.17. The van der Waals surface area contributed by atoms with Crippen LogP contribution in [0.25, 0.3) is 0 Å². The van der Waals surface area contributed by atoms with Gasteiger partial charge in [0.25, 0.3) is 5.91 Å². The van der Waals surface area contributed by atoms with Gasteiger partial charge in [-0.2, -0.15) is 0 Å². The van der Waals surface area contributed by atoms with Crippen molar-refractivity contribution in [3.05, 3.63) is 57.5 Å². The van der Waals surface area contributed by atoms with E-state index in [1.165, 1.54) is 17.0 Å². The maximum atomic E-state index is 13.5. The monoisotopic (exact) mass is 263 g/mol. The highest BCUT2D eigenvalue weighted by molar-refractivity contribution is 7.09. The molecule has 1 heterocycles. The van der Waals surface area contributed by atoms with Gasteiger partial charge in [-0.25, -0.2) is 4.39 Å². The number of amides is 1. The minimum Gasteiger partial charge on any atom is -0.352 e. The van der Waals surface area contributed by atoms with Gasteiger partial charge in [0.15, 0.2) is 0 Å². The molecule has 0 spiro atoms. The Hall–Kier alpha value is -1.68. The minimum atomic E-state index is -0.469. The van der Waals surface area contributed by atoms with Crippen LogP contribution in [0.2, 0.25) is 0 Å². The van der Waals surface area contributed by atoms with Crippen LogP contribution in [0.4, 0.5) is 4.39 Å². The van der Waals surface area contributed by atoms with Crippen molar-refractivity contribution < 1.29 is 9.18 Å². The smallest absolute Gasteiger partial charge is 0.254 e. The highest BCUT2D eigenvalue weighted by Crippen LogP contribution is 2.10. The van der Waals surface area contributed by atoms with Crippen molar-refractivity contribution in [2.24, 2.45) is 0 Å². The lowest BCUT2D eigenvalue weighted by Crippen LogP contribution is -2.26. The normalized spacial score (nSPS) is 10.3. The van der Waals surface area contributed by atoms with Gasteiger partial charge in [0.05, 0.1) is 5.56 Å². The van der Waals surface area contributed by atoms with Crippen LogP contribution in [-0.4, -0.2) is 12.5 Å². The molecule has 0 atom stereocenters. The van der Waals surface area contributed by atoms with E-state index < -0.39 is 5.82 Å². The molecule has 18 heavy (non-hydrogen) atoms. The minimum absolute atomic E-state index is 0.103. The van der Waals surface area contributed by atoms with Crippen molar-refractivity contribution in [2.75, 3.05) is 6.54 Å². The maximum Gasteiger partial charge on any atom is 0.254 e.